The van der Waals surface area contributed by atoms with E-state index in [1.54, 1.807) is 0 Å². The highest BCUT2D eigenvalue weighted by Crippen LogP contribution is 2.21. The number of pyridine rings is 1. The first kappa shape index (κ1) is 15.1. The SMILES string of the molecule is O=C(O)c1ccc([N+](=O)[O-])c(NCCN2CCNCC2)n1. The zero-order valence-corrected chi connectivity index (χ0v) is 11.4. The number of nitro groups is 1. The fraction of sp³-hybridized carbons (Fsp3) is 0.500. The van der Waals surface area contributed by atoms with Crippen molar-refractivity contribution in [3.05, 3.63) is 27.9 Å². The van der Waals surface area contributed by atoms with E-state index in [0.717, 1.165) is 44.9 Å². The second kappa shape index (κ2) is 6.95. The number of anilines is 1. The number of nitrogens with zero attached hydrogens (tertiary/aromatic N) is 3. The van der Waals surface area contributed by atoms with Crippen LogP contribution in [-0.4, -0.2) is 65.2 Å². The first-order valence-corrected chi connectivity index (χ1v) is 6.63. The van der Waals surface area contributed by atoms with Gasteiger partial charge in [-0.2, -0.15) is 0 Å². The molecule has 0 amide bonds. The number of aromatic nitrogens is 1. The van der Waals surface area contributed by atoms with Crippen LogP contribution in [0, 0.1) is 10.1 Å². The van der Waals surface area contributed by atoms with Crippen LogP contribution in [0.1, 0.15) is 10.5 Å². The largest absolute Gasteiger partial charge is 0.477 e. The lowest BCUT2D eigenvalue weighted by Crippen LogP contribution is -2.45. The normalized spacial score (nSPS) is 15.6. The van der Waals surface area contributed by atoms with Crippen molar-refractivity contribution in [3.8, 4) is 0 Å². The first-order chi connectivity index (χ1) is 10.1. The Balaban J connectivity index is 2.00. The van der Waals surface area contributed by atoms with Gasteiger partial charge in [-0.05, 0) is 6.07 Å². The summed E-state index contributed by atoms with van der Waals surface area (Å²) in [5.41, 5.74) is -0.439. The molecule has 2 rings (SSSR count). The maximum Gasteiger partial charge on any atom is 0.354 e. The quantitative estimate of drug-likeness (QED) is 0.495. The Bertz CT molecular complexity index is 530. The molecule has 1 aliphatic heterocycles. The fourth-order valence-electron chi connectivity index (χ4n) is 2.12. The first-order valence-electron chi connectivity index (χ1n) is 6.63. The highest BCUT2D eigenvalue weighted by atomic mass is 16.6. The summed E-state index contributed by atoms with van der Waals surface area (Å²) >= 11 is 0. The van der Waals surface area contributed by atoms with E-state index in [-0.39, 0.29) is 17.2 Å². The van der Waals surface area contributed by atoms with E-state index in [1.165, 1.54) is 0 Å². The molecule has 0 radical (unpaired) electrons. The summed E-state index contributed by atoms with van der Waals surface area (Å²) in [5.74, 6) is -1.22. The molecule has 0 unspecified atom stereocenters. The van der Waals surface area contributed by atoms with Crippen molar-refractivity contribution in [3.63, 3.8) is 0 Å². The van der Waals surface area contributed by atoms with Crippen molar-refractivity contribution < 1.29 is 14.8 Å². The molecule has 9 heteroatoms. The number of carboxylic acids is 1. The van der Waals surface area contributed by atoms with Gasteiger partial charge in [-0.25, -0.2) is 9.78 Å². The Kier molecular flexibility index (Phi) is 5.01. The molecule has 0 aliphatic carbocycles. The van der Waals surface area contributed by atoms with Gasteiger partial charge in [0.2, 0.25) is 5.82 Å². The summed E-state index contributed by atoms with van der Waals surface area (Å²) in [6.45, 7) is 4.88. The van der Waals surface area contributed by atoms with Crippen LogP contribution < -0.4 is 10.6 Å². The molecule has 3 N–H and O–H groups in total. The molecule has 2 heterocycles. The molecule has 0 atom stereocenters. The average molecular weight is 295 g/mol. The van der Waals surface area contributed by atoms with Gasteiger partial charge in [-0.1, -0.05) is 0 Å². The van der Waals surface area contributed by atoms with Crippen LogP contribution >= 0.6 is 0 Å². The van der Waals surface area contributed by atoms with Gasteiger partial charge in [-0.3, -0.25) is 15.0 Å². The second-order valence-electron chi connectivity index (χ2n) is 4.64. The minimum absolute atomic E-state index is 0.00460. The summed E-state index contributed by atoms with van der Waals surface area (Å²) in [4.78, 5) is 27.2. The second-order valence-corrected chi connectivity index (χ2v) is 4.64. The molecule has 1 aromatic rings. The molecule has 0 spiro atoms. The van der Waals surface area contributed by atoms with Gasteiger partial charge in [-0.15, -0.1) is 0 Å². The minimum Gasteiger partial charge on any atom is -0.477 e. The lowest BCUT2D eigenvalue weighted by Gasteiger charge is -2.27. The van der Waals surface area contributed by atoms with Crippen LogP contribution in [0.4, 0.5) is 11.5 Å². The van der Waals surface area contributed by atoms with Crippen molar-refractivity contribution in [2.24, 2.45) is 0 Å². The fourth-order valence-corrected chi connectivity index (χ4v) is 2.12. The number of piperazine rings is 1. The van der Waals surface area contributed by atoms with Crippen molar-refractivity contribution >= 4 is 17.5 Å². The number of rotatable bonds is 6. The van der Waals surface area contributed by atoms with E-state index in [1.807, 2.05) is 0 Å². The van der Waals surface area contributed by atoms with Gasteiger partial charge in [0.15, 0.2) is 5.69 Å². The molecular weight excluding hydrogens is 278 g/mol. The third-order valence-corrected chi connectivity index (χ3v) is 3.22. The van der Waals surface area contributed by atoms with Crippen LogP contribution in [0.2, 0.25) is 0 Å². The standard InChI is InChI=1S/C12H17N5O4/c18-12(19)9-1-2-10(17(20)21)11(15-9)14-5-8-16-6-3-13-4-7-16/h1-2,13H,3-8H2,(H,14,15)(H,18,19). The maximum atomic E-state index is 10.9. The molecule has 114 valence electrons. The Morgan fingerprint density at radius 1 is 1.48 bits per heavy atom. The van der Waals surface area contributed by atoms with Gasteiger partial charge in [0.1, 0.15) is 0 Å². The smallest absolute Gasteiger partial charge is 0.354 e. The summed E-state index contributed by atoms with van der Waals surface area (Å²) in [6, 6.07) is 2.28. The summed E-state index contributed by atoms with van der Waals surface area (Å²) < 4.78 is 0. The third kappa shape index (κ3) is 4.10. The highest BCUT2D eigenvalue weighted by Gasteiger charge is 2.18. The Labute approximate surface area is 121 Å². The number of aromatic carboxylic acids is 1. The summed E-state index contributed by atoms with van der Waals surface area (Å²) in [5, 5.41) is 25.9. The Morgan fingerprint density at radius 2 is 2.19 bits per heavy atom. The van der Waals surface area contributed by atoms with E-state index in [2.05, 4.69) is 20.5 Å². The molecule has 0 bridgehead atoms. The van der Waals surface area contributed by atoms with Crippen molar-refractivity contribution in [2.45, 2.75) is 0 Å². The van der Waals surface area contributed by atoms with Gasteiger partial charge < -0.3 is 15.7 Å². The maximum absolute atomic E-state index is 10.9. The summed E-state index contributed by atoms with van der Waals surface area (Å²) in [7, 11) is 0. The number of hydrogen-bond acceptors (Lipinski definition) is 7. The number of carboxylic acid groups (broad SMARTS) is 1. The molecule has 1 aromatic heterocycles. The molecule has 1 saturated heterocycles. The van der Waals surface area contributed by atoms with E-state index in [9.17, 15) is 14.9 Å². The predicted octanol–water partition coefficient (Wildman–Crippen LogP) is 0.00510. The minimum atomic E-state index is -1.21. The highest BCUT2D eigenvalue weighted by molar-refractivity contribution is 5.86. The van der Waals surface area contributed by atoms with Crippen molar-refractivity contribution in [1.29, 1.82) is 0 Å². The molecule has 1 fully saturated rings. The number of hydrogen-bond donors (Lipinski definition) is 3. The molecule has 1 aliphatic rings. The average Bonchev–Trinajstić information content (AvgIpc) is 2.48. The third-order valence-electron chi connectivity index (χ3n) is 3.22. The Hall–Kier alpha value is -2.26. The van der Waals surface area contributed by atoms with Gasteiger partial charge >= 0.3 is 11.7 Å². The number of carbonyl (C=O) groups is 1. The molecule has 9 nitrogen and oxygen atoms in total. The van der Waals surface area contributed by atoms with E-state index >= 15 is 0 Å². The van der Waals surface area contributed by atoms with E-state index < -0.39 is 10.9 Å². The van der Waals surface area contributed by atoms with Crippen LogP contribution in [-0.2, 0) is 0 Å². The zero-order valence-electron chi connectivity index (χ0n) is 11.4. The van der Waals surface area contributed by atoms with Crippen molar-refractivity contribution in [2.75, 3.05) is 44.6 Å². The van der Waals surface area contributed by atoms with E-state index in [4.69, 9.17) is 5.11 Å². The molecule has 21 heavy (non-hydrogen) atoms. The molecule has 0 aromatic carbocycles. The number of nitrogens with one attached hydrogen (secondary N) is 2. The Morgan fingerprint density at radius 3 is 2.81 bits per heavy atom. The van der Waals surface area contributed by atoms with Gasteiger partial charge in [0.05, 0.1) is 4.92 Å². The van der Waals surface area contributed by atoms with Gasteiger partial charge in [0, 0.05) is 45.3 Å². The van der Waals surface area contributed by atoms with Crippen LogP contribution in [0.15, 0.2) is 12.1 Å². The topological polar surface area (TPSA) is 121 Å². The van der Waals surface area contributed by atoms with Crippen LogP contribution in [0.3, 0.4) is 0 Å². The lowest BCUT2D eigenvalue weighted by molar-refractivity contribution is -0.384. The van der Waals surface area contributed by atoms with E-state index in [0.29, 0.717) is 6.54 Å². The molecular formula is C12H17N5O4. The summed E-state index contributed by atoms with van der Waals surface area (Å²) in [6.07, 6.45) is 0. The predicted molar refractivity (Wildman–Crippen MR) is 75.7 cm³/mol. The van der Waals surface area contributed by atoms with Crippen molar-refractivity contribution in [1.82, 2.24) is 15.2 Å². The molecule has 0 saturated carbocycles. The lowest BCUT2D eigenvalue weighted by atomic mass is 10.3. The van der Waals surface area contributed by atoms with Crippen LogP contribution in [0.25, 0.3) is 0 Å². The zero-order chi connectivity index (χ0) is 15.2. The monoisotopic (exact) mass is 295 g/mol. The van der Waals surface area contributed by atoms with Crippen LogP contribution in [0.5, 0.6) is 0 Å². The van der Waals surface area contributed by atoms with Gasteiger partial charge in [0.25, 0.3) is 0 Å².